The summed E-state index contributed by atoms with van der Waals surface area (Å²) in [7, 11) is 0. The Kier molecular flexibility index (Phi) is 2.47. The highest BCUT2D eigenvalue weighted by Gasteiger charge is 2.15. The van der Waals surface area contributed by atoms with Crippen LogP contribution >= 0.6 is 0 Å². The molecule has 1 aliphatic rings. The molecular weight excluding hydrogens is 140 g/mol. The highest BCUT2D eigenvalue weighted by Crippen LogP contribution is 2.23. The lowest BCUT2D eigenvalue weighted by atomic mass is 9.90. The third-order valence-electron chi connectivity index (χ3n) is 2.06. The minimum absolute atomic E-state index is 0.484. The van der Waals surface area contributed by atoms with Gasteiger partial charge in [-0.25, -0.2) is 4.79 Å². The van der Waals surface area contributed by atoms with Gasteiger partial charge in [-0.05, 0) is 25.2 Å². The van der Waals surface area contributed by atoms with E-state index in [0.29, 0.717) is 17.9 Å². The molecule has 1 aliphatic carbocycles. The summed E-state index contributed by atoms with van der Waals surface area (Å²) in [5, 5.41) is 8.60. The topological polar surface area (TPSA) is 37.3 Å². The van der Waals surface area contributed by atoms with E-state index in [1.54, 1.807) is 6.08 Å². The van der Waals surface area contributed by atoms with Crippen molar-refractivity contribution in [3.63, 3.8) is 0 Å². The summed E-state index contributed by atoms with van der Waals surface area (Å²) < 4.78 is 0. The standard InChI is InChI=1S/C9H12O2/c1-2-7-3-5-8(6-4-7)9(10)11/h2,5,7H,1,3-4,6H2,(H,10,11)/t7-/m0/s1. The highest BCUT2D eigenvalue weighted by atomic mass is 16.4. The van der Waals surface area contributed by atoms with E-state index in [2.05, 4.69) is 6.58 Å². The normalized spacial score (nSPS) is 24.0. The van der Waals surface area contributed by atoms with Crippen molar-refractivity contribution in [2.45, 2.75) is 19.3 Å². The van der Waals surface area contributed by atoms with Gasteiger partial charge in [-0.15, -0.1) is 6.58 Å². The van der Waals surface area contributed by atoms with E-state index in [0.717, 1.165) is 12.8 Å². The van der Waals surface area contributed by atoms with Gasteiger partial charge in [-0.3, -0.25) is 0 Å². The minimum atomic E-state index is -0.771. The van der Waals surface area contributed by atoms with Gasteiger partial charge in [0.15, 0.2) is 0 Å². The number of rotatable bonds is 2. The molecule has 0 aromatic rings. The molecule has 0 bridgehead atoms. The molecule has 0 unspecified atom stereocenters. The molecule has 60 valence electrons. The van der Waals surface area contributed by atoms with Gasteiger partial charge in [-0.2, -0.15) is 0 Å². The van der Waals surface area contributed by atoms with Crippen LogP contribution in [0.25, 0.3) is 0 Å². The second kappa shape index (κ2) is 3.37. The van der Waals surface area contributed by atoms with Crippen LogP contribution in [0, 0.1) is 5.92 Å². The maximum atomic E-state index is 10.5. The van der Waals surface area contributed by atoms with Crippen molar-refractivity contribution in [1.82, 2.24) is 0 Å². The van der Waals surface area contributed by atoms with Crippen molar-refractivity contribution in [1.29, 1.82) is 0 Å². The van der Waals surface area contributed by atoms with E-state index < -0.39 is 5.97 Å². The third-order valence-corrected chi connectivity index (χ3v) is 2.06. The monoisotopic (exact) mass is 152 g/mol. The number of allylic oxidation sites excluding steroid dienone is 2. The van der Waals surface area contributed by atoms with Crippen LogP contribution in [-0.2, 0) is 4.79 Å². The molecule has 0 saturated carbocycles. The molecule has 0 saturated heterocycles. The summed E-state index contributed by atoms with van der Waals surface area (Å²) in [6.45, 7) is 3.68. The van der Waals surface area contributed by atoms with Crippen LogP contribution in [0.15, 0.2) is 24.3 Å². The van der Waals surface area contributed by atoms with Crippen LogP contribution in [0.1, 0.15) is 19.3 Å². The van der Waals surface area contributed by atoms with Crippen LogP contribution in [0.3, 0.4) is 0 Å². The third kappa shape index (κ3) is 1.93. The molecule has 0 fully saturated rings. The van der Waals surface area contributed by atoms with Crippen molar-refractivity contribution in [2.75, 3.05) is 0 Å². The lowest BCUT2D eigenvalue weighted by molar-refractivity contribution is -0.132. The predicted octanol–water partition coefficient (Wildman–Crippen LogP) is 1.98. The van der Waals surface area contributed by atoms with E-state index in [-0.39, 0.29) is 0 Å². The van der Waals surface area contributed by atoms with Crippen LogP contribution in [0.2, 0.25) is 0 Å². The zero-order chi connectivity index (χ0) is 8.27. The van der Waals surface area contributed by atoms with Gasteiger partial charge < -0.3 is 5.11 Å². The Hall–Kier alpha value is -1.05. The molecule has 0 aromatic carbocycles. The van der Waals surface area contributed by atoms with Crippen LogP contribution in [-0.4, -0.2) is 11.1 Å². The molecule has 1 atom stereocenters. The molecule has 1 rings (SSSR count). The first-order valence-corrected chi connectivity index (χ1v) is 3.79. The van der Waals surface area contributed by atoms with Gasteiger partial charge in [0.25, 0.3) is 0 Å². The molecular formula is C9H12O2. The van der Waals surface area contributed by atoms with Gasteiger partial charge in [0.05, 0.1) is 0 Å². The molecule has 2 nitrogen and oxygen atoms in total. The number of hydrogen-bond donors (Lipinski definition) is 1. The summed E-state index contributed by atoms with van der Waals surface area (Å²) in [4.78, 5) is 10.5. The van der Waals surface area contributed by atoms with E-state index in [4.69, 9.17) is 5.11 Å². The molecule has 11 heavy (non-hydrogen) atoms. The average molecular weight is 152 g/mol. The number of aliphatic carboxylic acids is 1. The largest absolute Gasteiger partial charge is 0.478 e. The number of hydrogen-bond acceptors (Lipinski definition) is 1. The van der Waals surface area contributed by atoms with Crippen molar-refractivity contribution < 1.29 is 9.90 Å². The summed E-state index contributed by atoms with van der Waals surface area (Å²) in [5.41, 5.74) is 0.558. The van der Waals surface area contributed by atoms with Crippen molar-refractivity contribution in [3.05, 3.63) is 24.3 Å². The quantitative estimate of drug-likeness (QED) is 0.614. The van der Waals surface area contributed by atoms with E-state index in [1.165, 1.54) is 0 Å². The Morgan fingerprint density at radius 1 is 1.82 bits per heavy atom. The fourth-order valence-electron chi connectivity index (χ4n) is 1.26. The van der Waals surface area contributed by atoms with E-state index in [9.17, 15) is 4.79 Å². The summed E-state index contributed by atoms with van der Waals surface area (Å²) in [6.07, 6.45) is 6.16. The Bertz CT molecular complexity index is 204. The highest BCUT2D eigenvalue weighted by molar-refractivity contribution is 5.86. The Balaban J connectivity index is 2.57. The van der Waals surface area contributed by atoms with Crippen molar-refractivity contribution >= 4 is 5.97 Å². The lowest BCUT2D eigenvalue weighted by Gasteiger charge is -2.15. The zero-order valence-corrected chi connectivity index (χ0v) is 6.42. The minimum Gasteiger partial charge on any atom is -0.478 e. The summed E-state index contributed by atoms with van der Waals surface area (Å²) in [5.74, 6) is -0.286. The van der Waals surface area contributed by atoms with E-state index >= 15 is 0 Å². The van der Waals surface area contributed by atoms with Crippen LogP contribution < -0.4 is 0 Å². The van der Waals surface area contributed by atoms with Gasteiger partial charge in [0.2, 0.25) is 0 Å². The Labute approximate surface area is 66.2 Å². The average Bonchev–Trinajstić information content (AvgIpc) is 2.05. The smallest absolute Gasteiger partial charge is 0.331 e. The van der Waals surface area contributed by atoms with Gasteiger partial charge in [0, 0.05) is 5.57 Å². The number of carboxylic acid groups (broad SMARTS) is 1. The lowest BCUT2D eigenvalue weighted by Crippen LogP contribution is -2.08. The first kappa shape index (κ1) is 8.05. The van der Waals surface area contributed by atoms with Crippen molar-refractivity contribution in [2.24, 2.45) is 5.92 Å². The summed E-state index contributed by atoms with van der Waals surface area (Å²) in [6, 6.07) is 0. The van der Waals surface area contributed by atoms with Gasteiger partial charge in [0.1, 0.15) is 0 Å². The summed E-state index contributed by atoms with van der Waals surface area (Å²) >= 11 is 0. The second-order valence-corrected chi connectivity index (χ2v) is 2.80. The molecule has 2 heteroatoms. The molecule has 0 heterocycles. The fraction of sp³-hybridized carbons (Fsp3) is 0.444. The van der Waals surface area contributed by atoms with Gasteiger partial charge in [-0.1, -0.05) is 12.2 Å². The Morgan fingerprint density at radius 2 is 2.55 bits per heavy atom. The van der Waals surface area contributed by atoms with Crippen molar-refractivity contribution in [3.8, 4) is 0 Å². The molecule has 1 N–H and O–H groups in total. The SMILES string of the molecule is C=C[C@H]1CC=C(C(=O)O)CC1. The molecule has 0 aromatic heterocycles. The number of carboxylic acids is 1. The first-order chi connectivity index (χ1) is 5.24. The molecule has 0 spiro atoms. The van der Waals surface area contributed by atoms with Crippen LogP contribution in [0.5, 0.6) is 0 Å². The maximum Gasteiger partial charge on any atom is 0.331 e. The Morgan fingerprint density at radius 3 is 2.91 bits per heavy atom. The molecule has 0 amide bonds. The van der Waals surface area contributed by atoms with Gasteiger partial charge >= 0.3 is 5.97 Å². The van der Waals surface area contributed by atoms with Crippen LogP contribution in [0.4, 0.5) is 0 Å². The number of carbonyl (C=O) groups is 1. The maximum absolute atomic E-state index is 10.5. The molecule has 0 radical (unpaired) electrons. The predicted molar refractivity (Wildman–Crippen MR) is 43.3 cm³/mol. The van der Waals surface area contributed by atoms with E-state index in [1.807, 2.05) is 6.08 Å². The zero-order valence-electron chi connectivity index (χ0n) is 6.42. The second-order valence-electron chi connectivity index (χ2n) is 2.80. The first-order valence-electron chi connectivity index (χ1n) is 3.79. The molecule has 0 aliphatic heterocycles. The fourth-order valence-corrected chi connectivity index (χ4v) is 1.26.